The van der Waals surface area contributed by atoms with Gasteiger partial charge >= 0.3 is 18.9 Å². The van der Waals surface area contributed by atoms with Gasteiger partial charge in [0.15, 0.2) is 0 Å². The van der Waals surface area contributed by atoms with Gasteiger partial charge in [-0.25, -0.2) is 0 Å². The molecule has 0 radical (unpaired) electrons. The maximum atomic E-state index is 6.55. The second-order valence-corrected chi connectivity index (χ2v) is 1.37. The van der Waals surface area contributed by atoms with Crippen LogP contribution in [0.2, 0.25) is 0 Å². The molecule has 0 fully saturated rings. The van der Waals surface area contributed by atoms with Gasteiger partial charge in [0.05, 0.1) is 12.3 Å². The fourth-order valence-corrected chi connectivity index (χ4v) is 0.453. The molecule has 0 amide bonds. The van der Waals surface area contributed by atoms with Gasteiger partial charge in [-0.05, 0) is 0 Å². The zero-order chi connectivity index (χ0) is 5.82. The van der Waals surface area contributed by atoms with E-state index >= 15 is 0 Å². The average Bonchev–Trinajstić information content (AvgIpc) is 1.90. The molecule has 1 aromatic rings. The summed E-state index contributed by atoms with van der Waals surface area (Å²) in [5.41, 5.74) is 0.670. The third-order valence-corrected chi connectivity index (χ3v) is 0.830. The zero-order valence-corrected chi connectivity index (χ0v) is 5.26. The number of benzene rings is 1. The maximum Gasteiger partial charge on any atom is 1.00 e. The van der Waals surface area contributed by atoms with E-state index in [1.165, 1.54) is 0 Å². The van der Waals surface area contributed by atoms with Gasteiger partial charge in [-0.2, -0.15) is 30.3 Å². The Balaban J connectivity index is 0.000000640. The molecule has 0 heterocycles. The number of rotatable bonds is 0. The van der Waals surface area contributed by atoms with E-state index in [0.717, 1.165) is 0 Å². The van der Waals surface area contributed by atoms with E-state index in [9.17, 15) is 0 Å². The van der Waals surface area contributed by atoms with Crippen molar-refractivity contribution in [2.24, 2.45) is 0 Å². The summed E-state index contributed by atoms with van der Waals surface area (Å²) in [5.74, 6) is 0. The predicted molar refractivity (Wildman–Crippen MR) is 31.5 cm³/mol. The minimum atomic E-state index is 0. The van der Waals surface area contributed by atoms with Crippen molar-refractivity contribution in [1.29, 1.82) is 0 Å². The molecule has 1 rings (SSSR count). The van der Waals surface area contributed by atoms with Gasteiger partial charge in [0.1, 0.15) is 0 Å². The van der Waals surface area contributed by atoms with Gasteiger partial charge in [-0.3, -0.25) is 4.85 Å². The molecule has 0 aliphatic heterocycles. The van der Waals surface area contributed by atoms with Gasteiger partial charge < -0.3 is 0 Å². The fourth-order valence-electron chi connectivity index (χ4n) is 0.453. The van der Waals surface area contributed by atoms with Crippen molar-refractivity contribution in [2.45, 2.75) is 0 Å². The quantitative estimate of drug-likeness (QED) is 0.298. The van der Waals surface area contributed by atoms with Crippen molar-refractivity contribution in [3.05, 3.63) is 41.7 Å². The average molecular weight is 109 g/mol. The van der Waals surface area contributed by atoms with Crippen LogP contribution in [0.4, 0.5) is 5.69 Å². The Bertz CT molecular complexity index is 200. The predicted octanol–water partition coefficient (Wildman–Crippen LogP) is -0.958. The van der Waals surface area contributed by atoms with Gasteiger partial charge in [0.2, 0.25) is 0 Å². The Morgan fingerprint density at radius 1 is 1.33 bits per heavy atom. The Hall–Kier alpha value is -0.693. The molecule has 0 aliphatic rings. The van der Waals surface area contributed by atoms with Crippen LogP contribution < -0.4 is 18.9 Å². The number of hydrogen-bond acceptors (Lipinski definition) is 0. The molecule has 1 aromatic carbocycles. The molecular formula is C7H4LiN. The molecule has 0 unspecified atom stereocenters. The van der Waals surface area contributed by atoms with Crippen LogP contribution in [0.5, 0.6) is 0 Å². The molecule has 0 N–H and O–H groups in total. The van der Waals surface area contributed by atoms with Gasteiger partial charge in [-0.15, -0.1) is 0 Å². The van der Waals surface area contributed by atoms with E-state index in [4.69, 9.17) is 6.57 Å². The molecule has 0 spiro atoms. The normalized spacial score (nSPS) is 7.00. The molecule has 1 nitrogen and oxygen atoms in total. The van der Waals surface area contributed by atoms with Crippen LogP contribution in [0.3, 0.4) is 0 Å². The summed E-state index contributed by atoms with van der Waals surface area (Å²) >= 11 is 0. The Kier molecular flexibility index (Phi) is 3.89. The van der Waals surface area contributed by atoms with E-state index in [0.29, 0.717) is 5.69 Å². The van der Waals surface area contributed by atoms with Crippen LogP contribution in [0, 0.1) is 12.6 Å². The standard InChI is InChI=1S/C7H4N.Li/c1-8-7-5-3-2-4-6-7;/h3-6H;/q-1;+1. The van der Waals surface area contributed by atoms with Crippen molar-refractivity contribution in [3.63, 3.8) is 0 Å². The van der Waals surface area contributed by atoms with Crippen molar-refractivity contribution < 1.29 is 18.9 Å². The summed E-state index contributed by atoms with van der Waals surface area (Å²) in [6.07, 6.45) is 0. The largest absolute Gasteiger partial charge is 1.00 e. The minimum absolute atomic E-state index is 0. The Labute approximate surface area is 66.7 Å². The molecule has 38 valence electrons. The van der Waals surface area contributed by atoms with Crippen LogP contribution >= 0.6 is 0 Å². The van der Waals surface area contributed by atoms with Crippen molar-refractivity contribution >= 4 is 5.69 Å². The van der Waals surface area contributed by atoms with E-state index in [-0.39, 0.29) is 18.9 Å². The van der Waals surface area contributed by atoms with Crippen LogP contribution in [0.1, 0.15) is 0 Å². The zero-order valence-electron chi connectivity index (χ0n) is 5.26. The summed E-state index contributed by atoms with van der Waals surface area (Å²) < 4.78 is 0. The Morgan fingerprint density at radius 3 is 2.22 bits per heavy atom. The maximum absolute atomic E-state index is 6.55. The summed E-state index contributed by atoms with van der Waals surface area (Å²) in [6, 6.07) is 9.74. The number of nitrogens with zero attached hydrogens (tertiary/aromatic N) is 1. The summed E-state index contributed by atoms with van der Waals surface area (Å²) in [5, 5.41) is 0. The minimum Gasteiger partial charge on any atom is -0.265 e. The summed E-state index contributed by atoms with van der Waals surface area (Å²) in [4.78, 5) is 3.20. The van der Waals surface area contributed by atoms with E-state index in [2.05, 4.69) is 10.9 Å². The van der Waals surface area contributed by atoms with Gasteiger partial charge in [-0.1, -0.05) is 0 Å². The third kappa shape index (κ3) is 2.38. The molecule has 0 aliphatic carbocycles. The molecule has 2 heteroatoms. The first-order chi connectivity index (χ1) is 3.93. The first-order valence-electron chi connectivity index (χ1n) is 2.27. The van der Waals surface area contributed by atoms with E-state index in [1.807, 2.05) is 0 Å². The van der Waals surface area contributed by atoms with Crippen molar-refractivity contribution in [1.82, 2.24) is 0 Å². The summed E-state index contributed by atoms with van der Waals surface area (Å²) in [7, 11) is 0. The molecular weight excluding hydrogens is 105 g/mol. The SMILES string of the molecule is [C-]#[N+]c1cc[c-]cc1.[Li+]. The number of hydrogen-bond donors (Lipinski definition) is 0. The van der Waals surface area contributed by atoms with Gasteiger partial charge in [0.25, 0.3) is 0 Å². The van der Waals surface area contributed by atoms with E-state index in [1.54, 1.807) is 24.3 Å². The van der Waals surface area contributed by atoms with Crippen LogP contribution in [-0.2, 0) is 0 Å². The van der Waals surface area contributed by atoms with Crippen LogP contribution in [0.25, 0.3) is 4.85 Å². The van der Waals surface area contributed by atoms with Crippen molar-refractivity contribution in [2.75, 3.05) is 0 Å². The topological polar surface area (TPSA) is 4.36 Å². The fraction of sp³-hybridized carbons (Fsp3) is 0. The first kappa shape index (κ1) is 8.31. The smallest absolute Gasteiger partial charge is 0.265 e. The van der Waals surface area contributed by atoms with E-state index < -0.39 is 0 Å². The van der Waals surface area contributed by atoms with Crippen LogP contribution in [0.15, 0.2) is 24.3 Å². The second kappa shape index (κ2) is 4.21. The van der Waals surface area contributed by atoms with Gasteiger partial charge in [0, 0.05) is 0 Å². The monoisotopic (exact) mass is 109 g/mol. The Morgan fingerprint density at radius 2 is 1.89 bits per heavy atom. The third-order valence-electron chi connectivity index (χ3n) is 0.830. The molecule has 9 heavy (non-hydrogen) atoms. The molecule has 0 aromatic heterocycles. The molecule has 0 bridgehead atoms. The summed E-state index contributed by atoms with van der Waals surface area (Å²) in [6.45, 7) is 6.55. The van der Waals surface area contributed by atoms with Crippen LogP contribution in [-0.4, -0.2) is 0 Å². The first-order valence-corrected chi connectivity index (χ1v) is 2.27. The second-order valence-electron chi connectivity index (χ2n) is 1.37. The molecule has 0 saturated heterocycles. The van der Waals surface area contributed by atoms with Crippen molar-refractivity contribution in [3.8, 4) is 0 Å². The molecule has 0 atom stereocenters. The molecule has 0 saturated carbocycles.